The topological polar surface area (TPSA) is 55.4 Å². The maximum atomic E-state index is 11.3. The minimum atomic E-state index is -0.464. The molecule has 0 bridgehead atoms. The van der Waals surface area contributed by atoms with Gasteiger partial charge in [-0.3, -0.25) is 9.59 Å². The van der Waals surface area contributed by atoms with E-state index in [0.717, 1.165) is 0 Å². The molecule has 1 unspecified atom stereocenters. The van der Waals surface area contributed by atoms with Gasteiger partial charge in [-0.2, -0.15) is 0 Å². The summed E-state index contributed by atoms with van der Waals surface area (Å²) in [5.41, 5.74) is 0.703. The Hall–Kier alpha value is -1.55. The molecule has 1 amide bonds. The third kappa shape index (κ3) is 4.07. The fourth-order valence-electron chi connectivity index (χ4n) is 1.49. The van der Waals surface area contributed by atoms with Crippen LogP contribution in [0.4, 0.5) is 0 Å². The van der Waals surface area contributed by atoms with E-state index in [9.17, 15) is 9.59 Å². The molecule has 0 saturated carbocycles. The van der Waals surface area contributed by atoms with Gasteiger partial charge in [-0.15, -0.1) is 0 Å². The highest BCUT2D eigenvalue weighted by atomic mass is 35.5. The number of esters is 1. The van der Waals surface area contributed by atoms with Crippen molar-refractivity contribution in [2.45, 2.75) is 19.4 Å². The normalized spacial score (nSPS) is 11.7. The average molecular weight is 256 g/mol. The lowest BCUT2D eigenvalue weighted by atomic mass is 10.0. The number of rotatable bonds is 4. The van der Waals surface area contributed by atoms with Gasteiger partial charge in [0.2, 0.25) is 5.91 Å². The van der Waals surface area contributed by atoms with Crippen LogP contribution in [0.2, 0.25) is 5.02 Å². The second kappa shape index (κ2) is 6.25. The smallest absolute Gasteiger partial charge is 0.307 e. The predicted molar refractivity (Wildman–Crippen MR) is 64.6 cm³/mol. The van der Waals surface area contributed by atoms with Crippen LogP contribution in [0.3, 0.4) is 0 Å². The van der Waals surface area contributed by atoms with Gasteiger partial charge in [0.25, 0.3) is 0 Å². The molecule has 1 N–H and O–H groups in total. The first-order chi connectivity index (χ1) is 8.04. The third-order valence-electron chi connectivity index (χ3n) is 2.26. The van der Waals surface area contributed by atoms with Crippen LogP contribution in [0.5, 0.6) is 0 Å². The summed E-state index contributed by atoms with van der Waals surface area (Å²) in [7, 11) is 1.31. The van der Waals surface area contributed by atoms with Crippen LogP contribution in [-0.4, -0.2) is 19.0 Å². The highest BCUT2D eigenvalue weighted by Crippen LogP contribution is 2.25. The van der Waals surface area contributed by atoms with Crippen molar-refractivity contribution >= 4 is 23.5 Å². The highest BCUT2D eigenvalue weighted by molar-refractivity contribution is 6.31. The lowest BCUT2D eigenvalue weighted by Gasteiger charge is -2.18. The van der Waals surface area contributed by atoms with Gasteiger partial charge in [0, 0.05) is 11.9 Å². The number of ether oxygens (including phenoxy) is 1. The molecule has 0 aliphatic heterocycles. The van der Waals surface area contributed by atoms with Crippen LogP contribution in [0, 0.1) is 0 Å². The summed E-state index contributed by atoms with van der Waals surface area (Å²) in [4.78, 5) is 22.4. The summed E-state index contributed by atoms with van der Waals surface area (Å²) in [6, 6.07) is 6.60. The van der Waals surface area contributed by atoms with Crippen molar-refractivity contribution in [3.8, 4) is 0 Å². The largest absolute Gasteiger partial charge is 0.469 e. The van der Waals surface area contributed by atoms with Crippen molar-refractivity contribution in [3.63, 3.8) is 0 Å². The van der Waals surface area contributed by atoms with E-state index in [1.165, 1.54) is 14.0 Å². The van der Waals surface area contributed by atoms with E-state index in [4.69, 9.17) is 11.6 Å². The van der Waals surface area contributed by atoms with E-state index < -0.39 is 12.0 Å². The average Bonchev–Trinajstić information content (AvgIpc) is 2.28. The third-order valence-corrected chi connectivity index (χ3v) is 2.60. The first-order valence-electron chi connectivity index (χ1n) is 5.13. The van der Waals surface area contributed by atoms with Crippen LogP contribution >= 0.6 is 11.6 Å². The van der Waals surface area contributed by atoms with Crippen molar-refractivity contribution in [1.29, 1.82) is 0 Å². The van der Waals surface area contributed by atoms with Gasteiger partial charge in [0.1, 0.15) is 0 Å². The van der Waals surface area contributed by atoms with Crippen molar-refractivity contribution in [3.05, 3.63) is 34.9 Å². The predicted octanol–water partition coefficient (Wildman–Crippen LogP) is 2.08. The molecule has 1 aromatic carbocycles. The number of halogens is 1. The summed E-state index contributed by atoms with van der Waals surface area (Å²) in [5, 5.41) is 3.19. The molecule has 0 aliphatic rings. The molecule has 4 nitrogen and oxygen atoms in total. The van der Waals surface area contributed by atoms with Crippen molar-refractivity contribution in [1.82, 2.24) is 5.32 Å². The van der Waals surface area contributed by atoms with Gasteiger partial charge >= 0.3 is 5.97 Å². The monoisotopic (exact) mass is 255 g/mol. The van der Waals surface area contributed by atoms with Crippen LogP contribution in [-0.2, 0) is 14.3 Å². The minimum absolute atomic E-state index is 0.0554. The van der Waals surface area contributed by atoms with Crippen LogP contribution in [0.1, 0.15) is 24.9 Å². The highest BCUT2D eigenvalue weighted by Gasteiger charge is 2.19. The first kappa shape index (κ1) is 13.5. The number of carbonyl (C=O) groups excluding carboxylic acids is 2. The van der Waals surface area contributed by atoms with Gasteiger partial charge in [0.05, 0.1) is 19.6 Å². The summed E-state index contributed by atoms with van der Waals surface area (Å²) in [6.07, 6.45) is 0.0554. The zero-order chi connectivity index (χ0) is 12.8. The Morgan fingerprint density at radius 1 is 1.41 bits per heavy atom. The summed E-state index contributed by atoms with van der Waals surface area (Å²) in [6.45, 7) is 1.39. The van der Waals surface area contributed by atoms with Gasteiger partial charge in [0.15, 0.2) is 0 Å². The minimum Gasteiger partial charge on any atom is -0.469 e. The van der Waals surface area contributed by atoms with E-state index in [0.29, 0.717) is 10.6 Å². The molecule has 1 aromatic rings. The molecule has 5 heteroatoms. The van der Waals surface area contributed by atoms with E-state index in [-0.39, 0.29) is 12.3 Å². The molecule has 0 saturated heterocycles. The number of benzene rings is 1. The Kier molecular flexibility index (Phi) is 4.97. The molecule has 92 valence electrons. The molecule has 1 atom stereocenters. The second-order valence-electron chi connectivity index (χ2n) is 3.55. The number of hydrogen-bond donors (Lipinski definition) is 1. The van der Waals surface area contributed by atoms with Crippen LogP contribution in [0.25, 0.3) is 0 Å². The quantitative estimate of drug-likeness (QED) is 0.838. The molecule has 17 heavy (non-hydrogen) atoms. The van der Waals surface area contributed by atoms with E-state index in [2.05, 4.69) is 10.1 Å². The molecular formula is C12H14ClNO3. The van der Waals surface area contributed by atoms with E-state index >= 15 is 0 Å². The second-order valence-corrected chi connectivity index (χ2v) is 3.96. The molecule has 0 aliphatic carbocycles. The number of carbonyl (C=O) groups is 2. The number of nitrogens with one attached hydrogen (secondary N) is 1. The van der Waals surface area contributed by atoms with Crippen molar-refractivity contribution < 1.29 is 14.3 Å². The summed E-state index contributed by atoms with van der Waals surface area (Å²) >= 11 is 6.03. The molecule has 1 rings (SSSR count). The van der Waals surface area contributed by atoms with Crippen molar-refractivity contribution in [2.75, 3.05) is 7.11 Å². The lowest BCUT2D eigenvalue weighted by molar-refractivity contribution is -0.141. The van der Waals surface area contributed by atoms with Crippen molar-refractivity contribution in [2.24, 2.45) is 0 Å². The Morgan fingerprint density at radius 3 is 2.59 bits per heavy atom. The molecule has 0 fully saturated rings. The van der Waals surface area contributed by atoms with E-state index in [1.54, 1.807) is 24.3 Å². The SMILES string of the molecule is COC(=O)CC(NC(C)=O)c1ccccc1Cl. The lowest BCUT2D eigenvalue weighted by Crippen LogP contribution is -2.28. The van der Waals surface area contributed by atoms with Gasteiger partial charge in [-0.05, 0) is 11.6 Å². The van der Waals surface area contributed by atoms with Crippen LogP contribution < -0.4 is 5.32 Å². The van der Waals surface area contributed by atoms with Gasteiger partial charge in [-0.25, -0.2) is 0 Å². The molecule has 0 spiro atoms. The Balaban J connectivity index is 2.93. The number of hydrogen-bond acceptors (Lipinski definition) is 3. The summed E-state index contributed by atoms with van der Waals surface area (Å²) < 4.78 is 4.59. The molecule has 0 aromatic heterocycles. The zero-order valence-corrected chi connectivity index (χ0v) is 10.5. The number of amides is 1. The Morgan fingerprint density at radius 2 is 2.06 bits per heavy atom. The maximum Gasteiger partial charge on any atom is 0.307 e. The standard InChI is InChI=1S/C12H14ClNO3/c1-8(15)14-11(7-12(16)17-2)9-5-3-4-6-10(9)13/h3-6,11H,7H2,1-2H3,(H,14,15). The van der Waals surface area contributed by atoms with Gasteiger partial charge in [-0.1, -0.05) is 29.8 Å². The van der Waals surface area contributed by atoms with Crippen LogP contribution in [0.15, 0.2) is 24.3 Å². The Bertz CT molecular complexity index is 420. The number of methoxy groups -OCH3 is 1. The zero-order valence-electron chi connectivity index (χ0n) is 9.70. The first-order valence-corrected chi connectivity index (χ1v) is 5.50. The fraction of sp³-hybridized carbons (Fsp3) is 0.333. The maximum absolute atomic E-state index is 11.3. The summed E-state index contributed by atoms with van der Waals surface area (Å²) in [5.74, 6) is -0.623. The fourth-order valence-corrected chi connectivity index (χ4v) is 1.76. The van der Waals surface area contributed by atoms with Gasteiger partial charge < -0.3 is 10.1 Å². The molecular weight excluding hydrogens is 242 g/mol. The molecule has 0 radical (unpaired) electrons. The molecule has 0 heterocycles. The van der Waals surface area contributed by atoms with E-state index in [1.807, 2.05) is 0 Å². The Labute approximate surface area is 105 Å².